The highest BCUT2D eigenvalue weighted by Gasteiger charge is 2.53. The van der Waals surface area contributed by atoms with Gasteiger partial charge in [0, 0.05) is 31.5 Å². The third-order valence-electron chi connectivity index (χ3n) is 7.07. The number of esters is 1. The van der Waals surface area contributed by atoms with Gasteiger partial charge in [0.2, 0.25) is 0 Å². The van der Waals surface area contributed by atoms with Crippen molar-refractivity contribution in [3.8, 4) is 11.5 Å². The summed E-state index contributed by atoms with van der Waals surface area (Å²) in [7, 11) is 3.26. The second-order valence-electron chi connectivity index (χ2n) is 9.68. The number of fused-ring (bicyclic) bond motifs is 3. The molecule has 6 nitrogen and oxygen atoms in total. The molecule has 1 fully saturated rings. The van der Waals surface area contributed by atoms with E-state index in [2.05, 4.69) is 18.7 Å². The Morgan fingerprint density at radius 1 is 1.15 bits per heavy atom. The first-order valence-electron chi connectivity index (χ1n) is 11.8. The zero-order valence-corrected chi connectivity index (χ0v) is 20.0. The highest BCUT2D eigenvalue weighted by Crippen LogP contribution is 2.47. The average molecular weight is 454 g/mol. The molecule has 1 unspecified atom stereocenters. The number of carbonyl (C=O) groups is 1. The fourth-order valence-electron chi connectivity index (χ4n) is 5.37. The van der Waals surface area contributed by atoms with Gasteiger partial charge in [-0.1, -0.05) is 44.2 Å². The van der Waals surface area contributed by atoms with Crippen LogP contribution in [0.2, 0.25) is 0 Å². The Morgan fingerprint density at radius 3 is 2.52 bits per heavy atom. The van der Waals surface area contributed by atoms with Gasteiger partial charge in [-0.2, -0.15) is 0 Å². The Bertz CT molecular complexity index is 976. The molecule has 0 aliphatic carbocycles. The molecular formula is C27H35NO5. The van der Waals surface area contributed by atoms with Crippen molar-refractivity contribution in [3.05, 3.63) is 59.2 Å². The molecule has 0 bridgehead atoms. The minimum atomic E-state index is -1.54. The van der Waals surface area contributed by atoms with Gasteiger partial charge in [0.05, 0.1) is 14.2 Å². The van der Waals surface area contributed by atoms with E-state index in [0.717, 1.165) is 30.5 Å². The van der Waals surface area contributed by atoms with E-state index in [1.54, 1.807) is 14.2 Å². The Kier molecular flexibility index (Phi) is 6.96. The second kappa shape index (κ2) is 9.74. The molecule has 0 spiro atoms. The van der Waals surface area contributed by atoms with Crippen molar-refractivity contribution >= 4 is 5.97 Å². The zero-order chi connectivity index (χ0) is 23.6. The van der Waals surface area contributed by atoms with Crippen molar-refractivity contribution in [1.82, 2.24) is 4.90 Å². The number of methoxy groups -OCH3 is 2. The van der Waals surface area contributed by atoms with Crippen LogP contribution in [0, 0.1) is 11.8 Å². The molecule has 2 aliphatic heterocycles. The maximum absolute atomic E-state index is 13.4. The molecule has 2 heterocycles. The summed E-state index contributed by atoms with van der Waals surface area (Å²) in [6, 6.07) is 13.5. The van der Waals surface area contributed by atoms with Crippen molar-refractivity contribution in [2.24, 2.45) is 11.8 Å². The molecule has 4 rings (SSSR count). The number of piperidine rings is 1. The molecule has 33 heavy (non-hydrogen) atoms. The molecular weight excluding hydrogens is 418 g/mol. The minimum Gasteiger partial charge on any atom is -0.493 e. The first-order valence-corrected chi connectivity index (χ1v) is 11.8. The molecule has 6 heteroatoms. The van der Waals surface area contributed by atoms with E-state index in [9.17, 15) is 9.90 Å². The predicted octanol–water partition coefficient (Wildman–Crippen LogP) is 4.14. The van der Waals surface area contributed by atoms with Crippen LogP contribution in [0.3, 0.4) is 0 Å². The molecule has 2 aromatic rings. The van der Waals surface area contributed by atoms with E-state index in [-0.39, 0.29) is 18.6 Å². The normalized spacial score (nSPS) is 24.7. The summed E-state index contributed by atoms with van der Waals surface area (Å²) in [5.74, 6) is 1.03. The first-order chi connectivity index (χ1) is 15.9. The standard InChI is InChI=1S/C27H35NO5/c1-18(2)12-21-16-28-11-10-20-13-24(31-3)25(32-4)14-22(20)23(28)15-27(21,30)26(29)33-17-19-8-6-5-7-9-19/h5-9,13-14,18,21,23,30H,10-12,15-17H2,1-4H3/t21-,23?,27+/m1/s1. The Balaban J connectivity index is 1.63. The van der Waals surface area contributed by atoms with Crippen molar-refractivity contribution in [3.63, 3.8) is 0 Å². The molecule has 3 atom stereocenters. The monoisotopic (exact) mass is 453 g/mol. The van der Waals surface area contributed by atoms with Crippen molar-refractivity contribution < 1.29 is 24.1 Å². The number of carbonyl (C=O) groups excluding carboxylic acids is 1. The maximum atomic E-state index is 13.4. The molecule has 0 aromatic heterocycles. The molecule has 2 aliphatic rings. The SMILES string of the molecule is COc1cc2c(cc1OC)C1C[C@@](O)(C(=O)OCc3ccccc3)[C@H](CC(C)C)CN1CC2. The van der Waals surface area contributed by atoms with Crippen LogP contribution in [0.25, 0.3) is 0 Å². The predicted molar refractivity (Wildman–Crippen MR) is 126 cm³/mol. The number of nitrogens with zero attached hydrogens (tertiary/aromatic N) is 1. The molecule has 1 N–H and O–H groups in total. The van der Waals surface area contributed by atoms with Crippen LogP contribution in [-0.4, -0.2) is 48.9 Å². The highest BCUT2D eigenvalue weighted by atomic mass is 16.5. The van der Waals surface area contributed by atoms with Crippen LogP contribution < -0.4 is 9.47 Å². The van der Waals surface area contributed by atoms with Gasteiger partial charge in [-0.3, -0.25) is 4.90 Å². The number of benzene rings is 2. The second-order valence-corrected chi connectivity index (χ2v) is 9.68. The van der Waals surface area contributed by atoms with E-state index in [0.29, 0.717) is 30.4 Å². The smallest absolute Gasteiger partial charge is 0.338 e. The van der Waals surface area contributed by atoms with Gasteiger partial charge in [0.15, 0.2) is 17.1 Å². The van der Waals surface area contributed by atoms with Gasteiger partial charge >= 0.3 is 5.97 Å². The third kappa shape index (κ3) is 4.73. The van der Waals surface area contributed by atoms with Gasteiger partial charge in [0.1, 0.15) is 6.61 Å². The van der Waals surface area contributed by atoms with E-state index in [4.69, 9.17) is 14.2 Å². The van der Waals surface area contributed by atoms with E-state index in [1.165, 1.54) is 5.56 Å². The van der Waals surface area contributed by atoms with Gasteiger partial charge in [0.25, 0.3) is 0 Å². The molecule has 2 aromatic carbocycles. The number of hydrogen-bond donors (Lipinski definition) is 1. The Labute approximate surface area is 196 Å². The van der Waals surface area contributed by atoms with Crippen LogP contribution in [0.4, 0.5) is 0 Å². The van der Waals surface area contributed by atoms with E-state index in [1.807, 2.05) is 42.5 Å². The summed E-state index contributed by atoms with van der Waals surface area (Å²) >= 11 is 0. The lowest BCUT2D eigenvalue weighted by Gasteiger charge is -2.50. The first kappa shape index (κ1) is 23.6. The zero-order valence-electron chi connectivity index (χ0n) is 20.0. The van der Waals surface area contributed by atoms with Gasteiger partial charge < -0.3 is 19.3 Å². The summed E-state index contributed by atoms with van der Waals surface area (Å²) in [5, 5.41) is 11.9. The largest absolute Gasteiger partial charge is 0.493 e. The fourth-order valence-corrected chi connectivity index (χ4v) is 5.37. The number of hydrogen-bond acceptors (Lipinski definition) is 6. The van der Waals surface area contributed by atoms with Crippen molar-refractivity contribution in [2.75, 3.05) is 27.3 Å². The lowest BCUT2D eigenvalue weighted by molar-refractivity contribution is -0.186. The van der Waals surface area contributed by atoms with Crippen LogP contribution in [0.1, 0.15) is 49.4 Å². The third-order valence-corrected chi connectivity index (χ3v) is 7.07. The van der Waals surface area contributed by atoms with E-state index < -0.39 is 11.6 Å². The highest BCUT2D eigenvalue weighted by molar-refractivity contribution is 5.80. The summed E-state index contributed by atoms with van der Waals surface area (Å²) < 4.78 is 16.7. The number of aliphatic hydroxyl groups is 1. The lowest BCUT2D eigenvalue weighted by Crippen LogP contribution is -2.59. The summed E-state index contributed by atoms with van der Waals surface area (Å²) in [4.78, 5) is 15.8. The molecule has 178 valence electrons. The molecule has 0 radical (unpaired) electrons. The topological polar surface area (TPSA) is 68.2 Å². The van der Waals surface area contributed by atoms with Crippen molar-refractivity contribution in [2.45, 2.75) is 51.4 Å². The summed E-state index contributed by atoms with van der Waals surface area (Å²) in [5.41, 5.74) is 1.64. The number of ether oxygens (including phenoxy) is 3. The Morgan fingerprint density at radius 2 is 1.85 bits per heavy atom. The molecule has 0 saturated carbocycles. The Hall–Kier alpha value is -2.57. The molecule has 0 amide bonds. The van der Waals surface area contributed by atoms with Gasteiger partial charge in [-0.25, -0.2) is 4.79 Å². The van der Waals surface area contributed by atoms with Crippen LogP contribution in [-0.2, 0) is 22.6 Å². The van der Waals surface area contributed by atoms with Gasteiger partial charge in [-0.05, 0) is 47.6 Å². The molecule has 1 saturated heterocycles. The summed E-state index contributed by atoms with van der Waals surface area (Å²) in [6.07, 6.45) is 1.97. The van der Waals surface area contributed by atoms with Crippen LogP contribution in [0.15, 0.2) is 42.5 Å². The lowest BCUT2D eigenvalue weighted by atomic mass is 9.71. The van der Waals surface area contributed by atoms with Gasteiger partial charge in [-0.15, -0.1) is 0 Å². The minimum absolute atomic E-state index is 0.0776. The average Bonchev–Trinajstić information content (AvgIpc) is 2.82. The maximum Gasteiger partial charge on any atom is 0.338 e. The fraction of sp³-hybridized carbons (Fsp3) is 0.519. The van der Waals surface area contributed by atoms with Crippen LogP contribution >= 0.6 is 0 Å². The van der Waals surface area contributed by atoms with Crippen molar-refractivity contribution in [1.29, 1.82) is 0 Å². The number of rotatable bonds is 7. The summed E-state index contributed by atoms with van der Waals surface area (Å²) in [6.45, 7) is 5.96. The quantitative estimate of drug-likeness (QED) is 0.636. The van der Waals surface area contributed by atoms with E-state index >= 15 is 0 Å². The van der Waals surface area contributed by atoms with Crippen LogP contribution in [0.5, 0.6) is 11.5 Å².